The fourth-order valence-corrected chi connectivity index (χ4v) is 3.82. The largest absolute Gasteiger partial charge is 0.416 e. The average Bonchev–Trinajstić information content (AvgIpc) is 3.40. The summed E-state index contributed by atoms with van der Waals surface area (Å²) in [5.41, 5.74) is 3.40. The van der Waals surface area contributed by atoms with E-state index in [1.165, 1.54) is 16.7 Å². The van der Waals surface area contributed by atoms with Gasteiger partial charge >= 0.3 is 6.18 Å². The van der Waals surface area contributed by atoms with Gasteiger partial charge in [0.25, 0.3) is 5.56 Å². The number of nitrogens with zero attached hydrogens (tertiary/aromatic N) is 4. The maximum Gasteiger partial charge on any atom is 0.416 e. The number of alkyl halides is 3. The van der Waals surface area contributed by atoms with Gasteiger partial charge in [-0.3, -0.25) is 14.6 Å². The van der Waals surface area contributed by atoms with Gasteiger partial charge in [-0.2, -0.15) is 23.4 Å². The molecule has 0 radical (unpaired) electrons. The molecule has 0 aliphatic heterocycles. The Bertz CT molecular complexity index is 1530. The smallest absolute Gasteiger partial charge is 0.311 e. The zero-order valence-electron chi connectivity index (χ0n) is 17.5. The monoisotopic (exact) mass is 449 g/mol. The maximum atomic E-state index is 13.0. The van der Waals surface area contributed by atoms with Crippen molar-refractivity contribution in [2.24, 2.45) is 7.05 Å². The summed E-state index contributed by atoms with van der Waals surface area (Å²) >= 11 is 0. The lowest BCUT2D eigenvalue weighted by atomic mass is 10.0. The highest BCUT2D eigenvalue weighted by atomic mass is 19.4. The van der Waals surface area contributed by atoms with Crippen molar-refractivity contribution in [1.29, 1.82) is 0 Å². The van der Waals surface area contributed by atoms with Crippen LogP contribution in [0.2, 0.25) is 0 Å². The second kappa shape index (κ2) is 7.77. The van der Waals surface area contributed by atoms with Crippen molar-refractivity contribution >= 4 is 10.9 Å². The minimum absolute atomic E-state index is 0.0505. The lowest BCUT2D eigenvalue weighted by Crippen LogP contribution is -2.19. The lowest BCUT2D eigenvalue weighted by Gasteiger charge is -2.11. The summed E-state index contributed by atoms with van der Waals surface area (Å²) in [5, 5.41) is 12.5. The molecule has 5 aromatic rings. The van der Waals surface area contributed by atoms with Crippen LogP contribution in [0.25, 0.3) is 33.3 Å². The Morgan fingerprint density at radius 2 is 1.82 bits per heavy atom. The number of rotatable bonds is 4. The van der Waals surface area contributed by atoms with Crippen LogP contribution in [-0.2, 0) is 19.8 Å². The molecule has 0 bridgehead atoms. The number of pyridine rings is 1. The fourth-order valence-electron chi connectivity index (χ4n) is 3.82. The first-order chi connectivity index (χ1) is 15.8. The number of aromatic nitrogens is 5. The molecule has 0 amide bonds. The summed E-state index contributed by atoms with van der Waals surface area (Å²) in [6, 6.07) is 14.0. The second-order valence-electron chi connectivity index (χ2n) is 7.81. The molecule has 166 valence electrons. The topological polar surface area (TPSA) is 68.5 Å². The third-order valence-corrected chi connectivity index (χ3v) is 5.48. The number of halogens is 3. The summed E-state index contributed by atoms with van der Waals surface area (Å²) in [5.74, 6) is 0. The summed E-state index contributed by atoms with van der Waals surface area (Å²) in [4.78, 5) is 12.7. The standard InChI is InChI=1S/C24H18F3N5O/c1-31-14-18(12-28-31)23-20-10-16(5-6-21(20)29-30-23)17-7-8-32(22(33)11-17)13-15-3-2-4-19(9-15)24(25,26)27/h2-12,14H,13H2,1H3,(H,29,30). The number of hydrogen-bond acceptors (Lipinski definition) is 3. The molecule has 33 heavy (non-hydrogen) atoms. The Morgan fingerprint density at radius 3 is 2.55 bits per heavy atom. The Labute approximate surface area is 185 Å². The molecule has 0 aliphatic rings. The molecule has 1 N–H and O–H groups in total. The molecule has 5 rings (SSSR count). The molecule has 0 spiro atoms. The number of fused-ring (bicyclic) bond motifs is 1. The van der Waals surface area contributed by atoms with Crippen LogP contribution >= 0.6 is 0 Å². The molecule has 3 aromatic heterocycles. The summed E-state index contributed by atoms with van der Waals surface area (Å²) in [6.45, 7) is 0.0505. The number of H-pyrrole nitrogens is 1. The molecule has 2 aromatic carbocycles. The molecule has 0 saturated heterocycles. The van der Waals surface area contributed by atoms with E-state index in [1.807, 2.05) is 31.4 Å². The van der Waals surface area contributed by atoms with Gasteiger partial charge in [0, 0.05) is 36.5 Å². The van der Waals surface area contributed by atoms with Crippen molar-refractivity contribution in [2.45, 2.75) is 12.7 Å². The van der Waals surface area contributed by atoms with Crippen LogP contribution in [0.15, 0.2) is 78.0 Å². The summed E-state index contributed by atoms with van der Waals surface area (Å²) < 4.78 is 42.0. The van der Waals surface area contributed by atoms with Gasteiger partial charge in [-0.15, -0.1) is 0 Å². The zero-order valence-corrected chi connectivity index (χ0v) is 17.5. The Morgan fingerprint density at radius 1 is 1.00 bits per heavy atom. The van der Waals surface area contributed by atoms with Crippen molar-refractivity contribution in [3.63, 3.8) is 0 Å². The van der Waals surface area contributed by atoms with E-state index in [1.54, 1.807) is 29.2 Å². The fraction of sp³-hybridized carbons (Fsp3) is 0.125. The molecule has 0 aliphatic carbocycles. The highest BCUT2D eigenvalue weighted by Crippen LogP contribution is 2.31. The van der Waals surface area contributed by atoms with Crippen LogP contribution in [0.5, 0.6) is 0 Å². The molecule has 3 heterocycles. The van der Waals surface area contributed by atoms with Crippen LogP contribution in [0.1, 0.15) is 11.1 Å². The van der Waals surface area contributed by atoms with Crippen LogP contribution in [0, 0.1) is 0 Å². The molecule has 0 unspecified atom stereocenters. The molecule has 6 nitrogen and oxygen atoms in total. The molecule has 9 heteroatoms. The van der Waals surface area contributed by atoms with Gasteiger partial charge in [0.1, 0.15) is 5.69 Å². The number of hydrogen-bond donors (Lipinski definition) is 1. The molecule has 0 atom stereocenters. The SMILES string of the molecule is Cn1cc(-c2n[nH]c3ccc(-c4ccn(Cc5cccc(C(F)(F)F)c5)c(=O)c4)cc23)cn1. The van der Waals surface area contributed by atoms with Crippen molar-refractivity contribution < 1.29 is 13.2 Å². The van der Waals surface area contributed by atoms with Crippen LogP contribution in [0.4, 0.5) is 13.2 Å². The van der Waals surface area contributed by atoms with E-state index < -0.39 is 11.7 Å². The van der Waals surface area contributed by atoms with E-state index in [0.29, 0.717) is 11.1 Å². The van der Waals surface area contributed by atoms with E-state index in [0.717, 1.165) is 39.9 Å². The number of nitrogens with one attached hydrogen (secondary N) is 1. The number of aryl methyl sites for hydroxylation is 1. The predicted octanol–water partition coefficient (Wildman–Crippen LogP) is 4.86. The quantitative estimate of drug-likeness (QED) is 0.426. The summed E-state index contributed by atoms with van der Waals surface area (Å²) in [7, 11) is 1.83. The van der Waals surface area contributed by atoms with Crippen molar-refractivity contribution in [3.8, 4) is 22.4 Å². The van der Waals surface area contributed by atoms with Crippen LogP contribution in [-0.4, -0.2) is 24.5 Å². The average molecular weight is 449 g/mol. The van der Waals surface area contributed by atoms with Gasteiger partial charge in [-0.25, -0.2) is 0 Å². The van der Waals surface area contributed by atoms with E-state index in [9.17, 15) is 18.0 Å². The van der Waals surface area contributed by atoms with Gasteiger partial charge in [0.2, 0.25) is 0 Å². The molecular formula is C24H18F3N5O. The zero-order chi connectivity index (χ0) is 23.2. The molecule has 0 saturated carbocycles. The minimum atomic E-state index is -4.43. The van der Waals surface area contributed by atoms with E-state index in [2.05, 4.69) is 15.3 Å². The normalized spacial score (nSPS) is 11.9. The van der Waals surface area contributed by atoms with Gasteiger partial charge in [-0.1, -0.05) is 18.2 Å². The number of benzene rings is 2. The van der Waals surface area contributed by atoms with Gasteiger partial charge in [-0.05, 0) is 47.0 Å². The van der Waals surface area contributed by atoms with Crippen molar-refractivity contribution in [2.75, 3.05) is 0 Å². The Balaban J connectivity index is 1.47. The highest BCUT2D eigenvalue weighted by molar-refractivity contribution is 5.95. The first-order valence-corrected chi connectivity index (χ1v) is 10.1. The van der Waals surface area contributed by atoms with Gasteiger partial charge < -0.3 is 4.57 Å². The van der Waals surface area contributed by atoms with Crippen LogP contribution in [0.3, 0.4) is 0 Å². The molecular weight excluding hydrogens is 431 g/mol. The Hall–Kier alpha value is -4.14. The summed E-state index contributed by atoms with van der Waals surface area (Å²) in [6.07, 6.45) is 0.777. The van der Waals surface area contributed by atoms with Crippen molar-refractivity contribution in [3.05, 3.63) is 94.7 Å². The van der Waals surface area contributed by atoms with E-state index in [-0.39, 0.29) is 12.1 Å². The van der Waals surface area contributed by atoms with Gasteiger partial charge in [0.15, 0.2) is 0 Å². The van der Waals surface area contributed by atoms with Crippen molar-refractivity contribution in [1.82, 2.24) is 24.5 Å². The first-order valence-electron chi connectivity index (χ1n) is 10.1. The first kappa shape index (κ1) is 20.7. The maximum absolute atomic E-state index is 13.0. The van der Waals surface area contributed by atoms with E-state index >= 15 is 0 Å². The van der Waals surface area contributed by atoms with E-state index in [4.69, 9.17) is 0 Å². The minimum Gasteiger partial charge on any atom is -0.311 e. The second-order valence-corrected chi connectivity index (χ2v) is 7.81. The lowest BCUT2D eigenvalue weighted by molar-refractivity contribution is -0.137. The van der Waals surface area contributed by atoms with Gasteiger partial charge in [0.05, 0.1) is 23.8 Å². The third-order valence-electron chi connectivity index (χ3n) is 5.48. The Kier molecular flexibility index (Phi) is 4.88. The highest BCUT2D eigenvalue weighted by Gasteiger charge is 2.30. The number of aromatic amines is 1. The molecule has 0 fully saturated rings. The predicted molar refractivity (Wildman–Crippen MR) is 119 cm³/mol. The van der Waals surface area contributed by atoms with Crippen LogP contribution < -0.4 is 5.56 Å². The third kappa shape index (κ3) is 4.05.